The summed E-state index contributed by atoms with van der Waals surface area (Å²) >= 11 is 5.95. The van der Waals surface area contributed by atoms with Gasteiger partial charge in [-0.25, -0.2) is 4.98 Å². The highest BCUT2D eigenvalue weighted by Gasteiger charge is 2.06. The number of aromatic nitrogens is 1. The zero-order valence-corrected chi connectivity index (χ0v) is 9.17. The molecule has 0 unspecified atom stereocenters. The van der Waals surface area contributed by atoms with Gasteiger partial charge < -0.3 is 11.1 Å². The van der Waals surface area contributed by atoms with Gasteiger partial charge in [0.2, 0.25) is 0 Å². The van der Waals surface area contributed by atoms with Crippen molar-refractivity contribution in [3.05, 3.63) is 29.4 Å². The fraction of sp³-hybridized carbons (Fsp3) is 0.182. The number of nitrogens with zero attached hydrogens (tertiary/aromatic N) is 1. The molecular formula is C11H12ClN3. The summed E-state index contributed by atoms with van der Waals surface area (Å²) in [5.74, 6) is 0.846. The van der Waals surface area contributed by atoms with Gasteiger partial charge in [0, 0.05) is 23.5 Å². The normalized spacial score (nSPS) is 10.5. The lowest BCUT2D eigenvalue weighted by atomic mass is 10.1. The first-order chi connectivity index (χ1) is 7.24. The molecule has 1 aromatic carbocycles. The molecule has 0 aliphatic carbocycles. The van der Waals surface area contributed by atoms with Crippen molar-refractivity contribution in [1.82, 2.24) is 4.98 Å². The second kappa shape index (κ2) is 3.95. The smallest absolute Gasteiger partial charge is 0.133 e. The number of anilines is 2. The Morgan fingerprint density at radius 1 is 1.33 bits per heavy atom. The summed E-state index contributed by atoms with van der Waals surface area (Å²) < 4.78 is 0. The van der Waals surface area contributed by atoms with Crippen molar-refractivity contribution >= 4 is 33.9 Å². The number of rotatable bonds is 2. The minimum absolute atomic E-state index is 0.580. The SMILES string of the molecule is CCNc1nccc2c(N)c(Cl)ccc12. The molecule has 78 valence electrons. The predicted octanol–water partition coefficient (Wildman–Crippen LogP) is 2.90. The van der Waals surface area contributed by atoms with E-state index in [2.05, 4.69) is 10.3 Å². The first-order valence-corrected chi connectivity index (χ1v) is 5.18. The zero-order valence-electron chi connectivity index (χ0n) is 8.42. The Morgan fingerprint density at radius 3 is 2.87 bits per heavy atom. The van der Waals surface area contributed by atoms with E-state index in [0.29, 0.717) is 10.7 Å². The molecule has 2 aromatic rings. The Morgan fingerprint density at radius 2 is 2.13 bits per heavy atom. The van der Waals surface area contributed by atoms with Crippen LogP contribution in [0.4, 0.5) is 11.5 Å². The molecule has 3 nitrogen and oxygen atoms in total. The van der Waals surface area contributed by atoms with Crippen molar-refractivity contribution < 1.29 is 0 Å². The standard InChI is InChI=1S/C11H12ClN3/c1-2-14-11-8-3-4-9(12)10(13)7(8)5-6-15-11/h3-6H,2,13H2,1H3,(H,14,15). The summed E-state index contributed by atoms with van der Waals surface area (Å²) in [5, 5.41) is 5.71. The van der Waals surface area contributed by atoms with E-state index in [0.717, 1.165) is 23.1 Å². The number of nitrogen functional groups attached to an aromatic ring is 1. The molecule has 0 spiro atoms. The van der Waals surface area contributed by atoms with Crippen molar-refractivity contribution in [2.45, 2.75) is 6.92 Å². The predicted molar refractivity (Wildman–Crippen MR) is 65.3 cm³/mol. The Hall–Kier alpha value is -1.48. The summed E-state index contributed by atoms with van der Waals surface area (Å²) in [7, 11) is 0. The number of nitrogens with one attached hydrogen (secondary N) is 1. The number of halogens is 1. The molecule has 2 rings (SSSR count). The van der Waals surface area contributed by atoms with Crippen LogP contribution >= 0.6 is 11.6 Å². The Kier molecular flexibility index (Phi) is 2.64. The molecule has 0 fully saturated rings. The van der Waals surface area contributed by atoms with Crippen LogP contribution in [0.5, 0.6) is 0 Å². The van der Waals surface area contributed by atoms with Crippen LogP contribution in [0, 0.1) is 0 Å². The molecule has 0 amide bonds. The number of benzene rings is 1. The molecule has 0 aliphatic rings. The summed E-state index contributed by atoms with van der Waals surface area (Å²) in [6.45, 7) is 2.86. The third-order valence-electron chi connectivity index (χ3n) is 2.28. The molecule has 1 aromatic heterocycles. The fourth-order valence-electron chi connectivity index (χ4n) is 1.56. The summed E-state index contributed by atoms with van der Waals surface area (Å²) in [4.78, 5) is 4.26. The van der Waals surface area contributed by atoms with Crippen LogP contribution in [0.3, 0.4) is 0 Å². The maximum Gasteiger partial charge on any atom is 0.133 e. The van der Waals surface area contributed by atoms with Crippen LogP contribution in [-0.4, -0.2) is 11.5 Å². The van der Waals surface area contributed by atoms with Crippen molar-refractivity contribution in [2.24, 2.45) is 0 Å². The maximum atomic E-state index is 5.95. The van der Waals surface area contributed by atoms with Crippen molar-refractivity contribution in [1.29, 1.82) is 0 Å². The minimum atomic E-state index is 0.580. The van der Waals surface area contributed by atoms with Gasteiger partial charge in [-0.2, -0.15) is 0 Å². The number of fused-ring (bicyclic) bond motifs is 1. The monoisotopic (exact) mass is 221 g/mol. The Balaban J connectivity index is 2.72. The molecule has 3 N–H and O–H groups in total. The van der Waals surface area contributed by atoms with E-state index in [4.69, 9.17) is 17.3 Å². The molecular weight excluding hydrogens is 210 g/mol. The molecule has 0 bridgehead atoms. The van der Waals surface area contributed by atoms with Gasteiger partial charge in [-0.3, -0.25) is 0 Å². The van der Waals surface area contributed by atoms with Crippen LogP contribution in [0.15, 0.2) is 24.4 Å². The highest BCUT2D eigenvalue weighted by atomic mass is 35.5. The second-order valence-electron chi connectivity index (χ2n) is 3.25. The average Bonchev–Trinajstić information content (AvgIpc) is 2.25. The molecule has 15 heavy (non-hydrogen) atoms. The zero-order chi connectivity index (χ0) is 10.8. The van der Waals surface area contributed by atoms with Gasteiger partial charge in [0.05, 0.1) is 10.7 Å². The third-order valence-corrected chi connectivity index (χ3v) is 2.61. The van der Waals surface area contributed by atoms with Gasteiger partial charge in [-0.1, -0.05) is 11.6 Å². The number of hydrogen-bond acceptors (Lipinski definition) is 3. The molecule has 0 aliphatic heterocycles. The average molecular weight is 222 g/mol. The molecule has 0 saturated heterocycles. The highest BCUT2D eigenvalue weighted by molar-refractivity contribution is 6.34. The van der Waals surface area contributed by atoms with E-state index in [-0.39, 0.29) is 0 Å². The van der Waals surface area contributed by atoms with Crippen LogP contribution < -0.4 is 11.1 Å². The molecule has 0 saturated carbocycles. The second-order valence-corrected chi connectivity index (χ2v) is 3.65. The van der Waals surface area contributed by atoms with Gasteiger partial charge >= 0.3 is 0 Å². The lowest BCUT2D eigenvalue weighted by Crippen LogP contribution is -2.00. The van der Waals surface area contributed by atoms with Gasteiger partial charge in [0.15, 0.2) is 0 Å². The third kappa shape index (κ3) is 1.70. The summed E-state index contributed by atoms with van der Waals surface area (Å²) in [6.07, 6.45) is 1.73. The van der Waals surface area contributed by atoms with Gasteiger partial charge in [0.25, 0.3) is 0 Å². The van der Waals surface area contributed by atoms with Crippen LogP contribution in [0.2, 0.25) is 5.02 Å². The maximum absolute atomic E-state index is 5.95. The van der Waals surface area contributed by atoms with E-state index < -0.39 is 0 Å². The van der Waals surface area contributed by atoms with E-state index in [1.165, 1.54) is 0 Å². The Labute approximate surface area is 93.3 Å². The number of nitrogens with two attached hydrogens (primary N) is 1. The Bertz CT molecular complexity index is 496. The van der Waals surface area contributed by atoms with E-state index in [1.54, 1.807) is 12.3 Å². The van der Waals surface area contributed by atoms with Gasteiger partial charge in [-0.05, 0) is 25.1 Å². The van der Waals surface area contributed by atoms with Crippen LogP contribution in [0.25, 0.3) is 10.8 Å². The molecule has 4 heteroatoms. The highest BCUT2D eigenvalue weighted by Crippen LogP contribution is 2.31. The lowest BCUT2D eigenvalue weighted by molar-refractivity contribution is 1.17. The lowest BCUT2D eigenvalue weighted by Gasteiger charge is -2.08. The topological polar surface area (TPSA) is 50.9 Å². The van der Waals surface area contributed by atoms with Crippen LogP contribution in [-0.2, 0) is 0 Å². The first-order valence-electron chi connectivity index (χ1n) is 4.80. The minimum Gasteiger partial charge on any atom is -0.397 e. The van der Waals surface area contributed by atoms with E-state index >= 15 is 0 Å². The van der Waals surface area contributed by atoms with E-state index in [1.807, 2.05) is 19.1 Å². The number of pyridine rings is 1. The fourth-order valence-corrected chi connectivity index (χ4v) is 1.72. The first kappa shape index (κ1) is 10.1. The molecule has 0 atom stereocenters. The molecule has 0 radical (unpaired) electrons. The largest absolute Gasteiger partial charge is 0.397 e. The van der Waals surface area contributed by atoms with Crippen molar-refractivity contribution in [3.8, 4) is 0 Å². The summed E-state index contributed by atoms with van der Waals surface area (Å²) in [5.41, 5.74) is 6.50. The quantitative estimate of drug-likeness (QED) is 0.767. The van der Waals surface area contributed by atoms with Gasteiger partial charge in [-0.15, -0.1) is 0 Å². The van der Waals surface area contributed by atoms with Crippen LogP contribution in [0.1, 0.15) is 6.92 Å². The molecule has 1 heterocycles. The van der Waals surface area contributed by atoms with Gasteiger partial charge in [0.1, 0.15) is 5.82 Å². The van der Waals surface area contributed by atoms with Crippen molar-refractivity contribution in [2.75, 3.05) is 17.6 Å². The van der Waals surface area contributed by atoms with E-state index in [9.17, 15) is 0 Å². The van der Waals surface area contributed by atoms with Crippen molar-refractivity contribution in [3.63, 3.8) is 0 Å². The number of hydrogen-bond donors (Lipinski definition) is 2. The summed E-state index contributed by atoms with van der Waals surface area (Å²) in [6, 6.07) is 5.60.